The summed E-state index contributed by atoms with van der Waals surface area (Å²) in [6.45, 7) is 0. The maximum absolute atomic E-state index is 5.49. The molecule has 4 rings (SSSR count). The molecular formula is C24H22N4O2. The van der Waals surface area contributed by atoms with Gasteiger partial charge < -0.3 is 20.1 Å². The molecule has 3 aromatic carbocycles. The number of anilines is 4. The van der Waals surface area contributed by atoms with Crippen LogP contribution in [0.5, 0.6) is 11.5 Å². The van der Waals surface area contributed by atoms with E-state index in [0.29, 0.717) is 23.3 Å². The molecule has 0 saturated carbocycles. The van der Waals surface area contributed by atoms with Gasteiger partial charge >= 0.3 is 0 Å². The molecule has 0 radical (unpaired) electrons. The largest absolute Gasteiger partial charge is 0.497 e. The molecule has 0 aliphatic rings. The first-order valence-corrected chi connectivity index (χ1v) is 9.51. The predicted octanol–water partition coefficient (Wildman–Crippen LogP) is 5.65. The van der Waals surface area contributed by atoms with Crippen molar-refractivity contribution < 1.29 is 9.47 Å². The summed E-state index contributed by atoms with van der Waals surface area (Å²) in [5.74, 6) is 2.49. The summed E-state index contributed by atoms with van der Waals surface area (Å²) in [4.78, 5) is 9.36. The second-order valence-corrected chi connectivity index (χ2v) is 6.51. The normalized spacial score (nSPS) is 10.3. The molecule has 1 aromatic heterocycles. The van der Waals surface area contributed by atoms with E-state index in [1.165, 1.54) is 0 Å². The molecule has 6 nitrogen and oxygen atoms in total. The number of hydrogen-bond donors (Lipinski definition) is 2. The van der Waals surface area contributed by atoms with E-state index in [0.717, 1.165) is 22.6 Å². The van der Waals surface area contributed by atoms with Crippen molar-refractivity contribution in [1.29, 1.82) is 0 Å². The van der Waals surface area contributed by atoms with Crippen LogP contribution >= 0.6 is 0 Å². The third-order valence-corrected chi connectivity index (χ3v) is 4.50. The fourth-order valence-corrected chi connectivity index (χ4v) is 3.02. The summed E-state index contributed by atoms with van der Waals surface area (Å²) in [5.41, 5.74) is 3.50. The minimum Gasteiger partial charge on any atom is -0.497 e. The van der Waals surface area contributed by atoms with E-state index in [1.807, 2.05) is 84.9 Å². The highest BCUT2D eigenvalue weighted by Gasteiger charge is 2.11. The molecule has 2 N–H and O–H groups in total. The molecule has 4 aromatic rings. The van der Waals surface area contributed by atoms with Crippen LogP contribution in [0.4, 0.5) is 23.1 Å². The molecule has 30 heavy (non-hydrogen) atoms. The highest BCUT2D eigenvalue weighted by atomic mass is 16.5. The van der Waals surface area contributed by atoms with Gasteiger partial charge in [-0.2, -0.15) is 4.98 Å². The minimum absolute atomic E-state index is 0.457. The molecule has 6 heteroatoms. The number of para-hydroxylation sites is 1. The van der Waals surface area contributed by atoms with E-state index in [9.17, 15) is 0 Å². The molecule has 0 fully saturated rings. The fourth-order valence-electron chi connectivity index (χ4n) is 3.02. The second kappa shape index (κ2) is 8.96. The highest BCUT2D eigenvalue weighted by Crippen LogP contribution is 2.32. The Kier molecular flexibility index (Phi) is 5.75. The maximum atomic E-state index is 5.49. The van der Waals surface area contributed by atoms with Gasteiger partial charge in [-0.05, 0) is 24.3 Å². The standard InChI is InChI=1S/C24H22N4O2/c1-29-19-13-14-20(22(15-19)30-2)26-24-27-21(17-9-5-3-6-10-17)16-23(28-24)25-18-11-7-4-8-12-18/h3-16H,1-2H3,(H2,25,26,27,28). The molecule has 0 aliphatic carbocycles. The number of methoxy groups -OCH3 is 2. The van der Waals surface area contributed by atoms with Crippen molar-refractivity contribution in [3.63, 3.8) is 0 Å². The topological polar surface area (TPSA) is 68.3 Å². The SMILES string of the molecule is COc1ccc(Nc2nc(Nc3ccccc3)cc(-c3ccccc3)n2)c(OC)c1. The maximum Gasteiger partial charge on any atom is 0.229 e. The van der Waals surface area contributed by atoms with Crippen molar-refractivity contribution in [2.75, 3.05) is 24.9 Å². The van der Waals surface area contributed by atoms with Gasteiger partial charge in [0.25, 0.3) is 0 Å². The molecule has 0 saturated heterocycles. The summed E-state index contributed by atoms with van der Waals surface area (Å²) in [5, 5.41) is 6.61. The van der Waals surface area contributed by atoms with Crippen LogP contribution in [0.25, 0.3) is 11.3 Å². The first-order chi connectivity index (χ1) is 14.7. The molecule has 0 spiro atoms. The zero-order valence-corrected chi connectivity index (χ0v) is 16.8. The van der Waals surface area contributed by atoms with E-state index in [4.69, 9.17) is 14.5 Å². The molecule has 0 amide bonds. The molecule has 0 aliphatic heterocycles. The van der Waals surface area contributed by atoms with Gasteiger partial charge in [-0.3, -0.25) is 0 Å². The van der Waals surface area contributed by atoms with Crippen molar-refractivity contribution in [2.45, 2.75) is 0 Å². The quantitative estimate of drug-likeness (QED) is 0.419. The molecular weight excluding hydrogens is 376 g/mol. The number of aromatic nitrogens is 2. The van der Waals surface area contributed by atoms with Crippen LogP contribution in [0.2, 0.25) is 0 Å². The van der Waals surface area contributed by atoms with Gasteiger partial charge in [0, 0.05) is 23.4 Å². The van der Waals surface area contributed by atoms with Gasteiger partial charge in [0.1, 0.15) is 17.3 Å². The third-order valence-electron chi connectivity index (χ3n) is 4.50. The average molecular weight is 398 g/mol. The summed E-state index contributed by atoms with van der Waals surface area (Å²) >= 11 is 0. The number of nitrogens with zero attached hydrogens (tertiary/aromatic N) is 2. The zero-order valence-electron chi connectivity index (χ0n) is 16.8. The lowest BCUT2D eigenvalue weighted by atomic mass is 10.1. The van der Waals surface area contributed by atoms with Crippen LogP contribution in [-0.4, -0.2) is 24.2 Å². The van der Waals surface area contributed by atoms with E-state index in [1.54, 1.807) is 14.2 Å². The Balaban J connectivity index is 1.72. The van der Waals surface area contributed by atoms with Crippen LogP contribution in [-0.2, 0) is 0 Å². The number of benzene rings is 3. The van der Waals surface area contributed by atoms with E-state index < -0.39 is 0 Å². The highest BCUT2D eigenvalue weighted by molar-refractivity contribution is 5.70. The van der Waals surface area contributed by atoms with Crippen molar-refractivity contribution in [2.24, 2.45) is 0 Å². The minimum atomic E-state index is 0.457. The lowest BCUT2D eigenvalue weighted by molar-refractivity contribution is 0.395. The summed E-state index contributed by atoms with van der Waals surface area (Å²) in [6.07, 6.45) is 0. The van der Waals surface area contributed by atoms with E-state index in [2.05, 4.69) is 15.6 Å². The number of hydrogen-bond acceptors (Lipinski definition) is 6. The Morgan fingerprint density at radius 1 is 0.700 bits per heavy atom. The Bertz CT molecular complexity index is 1120. The molecule has 0 atom stereocenters. The van der Waals surface area contributed by atoms with Gasteiger partial charge in [-0.1, -0.05) is 48.5 Å². The van der Waals surface area contributed by atoms with Crippen LogP contribution < -0.4 is 20.1 Å². The molecule has 1 heterocycles. The molecule has 0 bridgehead atoms. The Hall–Kier alpha value is -4.06. The van der Waals surface area contributed by atoms with Gasteiger partial charge in [0.15, 0.2) is 0 Å². The lowest BCUT2D eigenvalue weighted by Gasteiger charge is -2.14. The first kappa shape index (κ1) is 19.3. The summed E-state index contributed by atoms with van der Waals surface area (Å²) in [7, 11) is 3.24. The van der Waals surface area contributed by atoms with Gasteiger partial charge in [-0.15, -0.1) is 0 Å². The zero-order chi connectivity index (χ0) is 20.8. The number of ether oxygens (including phenoxy) is 2. The monoisotopic (exact) mass is 398 g/mol. The van der Waals surface area contributed by atoms with E-state index >= 15 is 0 Å². The Labute approximate surface area is 175 Å². The predicted molar refractivity (Wildman–Crippen MR) is 120 cm³/mol. The van der Waals surface area contributed by atoms with Crippen LogP contribution in [0, 0.1) is 0 Å². The molecule has 0 unspecified atom stereocenters. The van der Waals surface area contributed by atoms with Crippen molar-refractivity contribution in [1.82, 2.24) is 9.97 Å². The second-order valence-electron chi connectivity index (χ2n) is 6.51. The fraction of sp³-hybridized carbons (Fsp3) is 0.0833. The first-order valence-electron chi connectivity index (χ1n) is 9.51. The Morgan fingerprint density at radius 3 is 2.13 bits per heavy atom. The average Bonchev–Trinajstić information content (AvgIpc) is 2.80. The lowest BCUT2D eigenvalue weighted by Crippen LogP contribution is -2.03. The summed E-state index contributed by atoms with van der Waals surface area (Å²) in [6, 6.07) is 27.4. The van der Waals surface area contributed by atoms with Gasteiger partial charge in [0.2, 0.25) is 5.95 Å². The molecule has 150 valence electrons. The van der Waals surface area contributed by atoms with Crippen molar-refractivity contribution in [3.05, 3.63) is 84.9 Å². The van der Waals surface area contributed by atoms with Gasteiger partial charge in [-0.25, -0.2) is 4.98 Å². The van der Waals surface area contributed by atoms with Crippen molar-refractivity contribution in [3.8, 4) is 22.8 Å². The Morgan fingerprint density at radius 2 is 1.43 bits per heavy atom. The van der Waals surface area contributed by atoms with Crippen LogP contribution in [0.3, 0.4) is 0 Å². The number of rotatable bonds is 7. The van der Waals surface area contributed by atoms with Gasteiger partial charge in [0.05, 0.1) is 25.6 Å². The van der Waals surface area contributed by atoms with Crippen LogP contribution in [0.15, 0.2) is 84.9 Å². The number of nitrogens with one attached hydrogen (secondary N) is 2. The van der Waals surface area contributed by atoms with Crippen LogP contribution in [0.1, 0.15) is 0 Å². The van der Waals surface area contributed by atoms with Crippen molar-refractivity contribution >= 4 is 23.1 Å². The third kappa shape index (κ3) is 4.50. The van der Waals surface area contributed by atoms with E-state index in [-0.39, 0.29) is 0 Å². The summed E-state index contributed by atoms with van der Waals surface area (Å²) < 4.78 is 10.8. The smallest absolute Gasteiger partial charge is 0.229 e.